The molecule has 3 N–H and O–H groups in total. The van der Waals surface area contributed by atoms with Crippen molar-refractivity contribution in [2.24, 2.45) is 5.73 Å². The molecule has 1 saturated carbocycles. The smallest absolute Gasteiger partial charge is 0.248 e. The van der Waals surface area contributed by atoms with Crippen LogP contribution >= 0.6 is 0 Å². The molecule has 0 aliphatic heterocycles. The molecule has 0 bridgehead atoms. The molecule has 1 aliphatic rings. The first-order valence-corrected chi connectivity index (χ1v) is 12.0. The summed E-state index contributed by atoms with van der Waals surface area (Å²) in [7, 11) is 3.32. The molecule has 0 saturated heterocycles. The van der Waals surface area contributed by atoms with Gasteiger partial charge in [-0.2, -0.15) is 4.98 Å². The summed E-state index contributed by atoms with van der Waals surface area (Å²) in [5, 5.41) is 3.20. The number of nitrogens with two attached hydrogens (primary N) is 1. The summed E-state index contributed by atoms with van der Waals surface area (Å²) in [5.74, 6) is 1.11. The molecule has 0 atom stereocenters. The van der Waals surface area contributed by atoms with Crippen LogP contribution < -0.4 is 25.6 Å². The van der Waals surface area contributed by atoms with Crippen LogP contribution in [0.2, 0.25) is 0 Å². The van der Waals surface area contributed by atoms with Crippen LogP contribution in [0.5, 0.6) is 5.75 Å². The molecule has 2 aromatic rings. The number of carbonyl (C=O) groups excluding carboxylic acids is 2. The average Bonchev–Trinajstić information content (AvgIpc) is 3.37. The Bertz CT molecular complexity index is 1010. The third-order valence-corrected chi connectivity index (χ3v) is 6.34. The van der Waals surface area contributed by atoms with Gasteiger partial charge in [-0.25, -0.2) is 4.98 Å². The summed E-state index contributed by atoms with van der Waals surface area (Å²) >= 11 is 0. The molecule has 1 aliphatic carbocycles. The number of hydrogen-bond acceptors (Lipinski definition) is 7. The monoisotopic (exact) mass is 468 g/mol. The summed E-state index contributed by atoms with van der Waals surface area (Å²) < 4.78 is 5.43. The molecule has 1 fully saturated rings. The van der Waals surface area contributed by atoms with Gasteiger partial charge in [0.05, 0.1) is 19.0 Å². The molecule has 1 heterocycles. The Kier molecular flexibility index (Phi) is 8.67. The molecule has 0 unspecified atom stereocenters. The van der Waals surface area contributed by atoms with Gasteiger partial charge in [0.25, 0.3) is 0 Å². The highest BCUT2D eigenvalue weighted by atomic mass is 16.5. The fourth-order valence-electron chi connectivity index (χ4n) is 4.37. The molecular weight excluding hydrogens is 432 g/mol. The first-order chi connectivity index (χ1) is 16.4. The minimum Gasteiger partial charge on any atom is -0.495 e. The second-order valence-electron chi connectivity index (χ2n) is 8.59. The van der Waals surface area contributed by atoms with E-state index >= 15 is 0 Å². The number of unbranched alkanes of at least 4 members (excludes halogenated alkanes) is 1. The van der Waals surface area contributed by atoms with Crippen LogP contribution in [0, 0.1) is 0 Å². The highest BCUT2D eigenvalue weighted by Crippen LogP contribution is 2.35. The maximum atomic E-state index is 12.8. The Labute approximate surface area is 201 Å². The molecule has 3 rings (SSSR count). The van der Waals surface area contributed by atoms with Crippen LogP contribution in [-0.4, -0.2) is 48.5 Å². The van der Waals surface area contributed by atoms with Crippen LogP contribution in [0.15, 0.2) is 24.4 Å². The average molecular weight is 469 g/mol. The van der Waals surface area contributed by atoms with E-state index in [1.54, 1.807) is 36.3 Å². The fraction of sp³-hybridized carbons (Fsp3) is 0.520. The lowest BCUT2D eigenvalue weighted by atomic mass is 10.2. The SMILES string of the molecule is CCCCC(=O)N(C)c1cnc(Nc2ccc(C(N)=O)cc2OC)nc1N(CC)C1CCCC1. The van der Waals surface area contributed by atoms with E-state index in [0.717, 1.165) is 38.0 Å². The Morgan fingerprint density at radius 3 is 2.59 bits per heavy atom. The molecule has 184 valence electrons. The van der Waals surface area contributed by atoms with Gasteiger partial charge in [0, 0.05) is 31.6 Å². The van der Waals surface area contributed by atoms with E-state index in [0.29, 0.717) is 41.1 Å². The van der Waals surface area contributed by atoms with Crippen molar-refractivity contribution in [3.63, 3.8) is 0 Å². The Morgan fingerprint density at radius 1 is 1.24 bits per heavy atom. The number of amides is 2. The number of anilines is 4. The highest BCUT2D eigenvalue weighted by molar-refractivity contribution is 5.96. The number of carbonyl (C=O) groups is 2. The summed E-state index contributed by atoms with van der Waals surface area (Å²) in [5.41, 5.74) is 7.06. The van der Waals surface area contributed by atoms with Gasteiger partial charge in [0.15, 0.2) is 5.82 Å². The van der Waals surface area contributed by atoms with Gasteiger partial charge in [0.1, 0.15) is 11.4 Å². The van der Waals surface area contributed by atoms with Crippen molar-refractivity contribution in [1.82, 2.24) is 9.97 Å². The zero-order chi connectivity index (χ0) is 24.7. The first-order valence-electron chi connectivity index (χ1n) is 12.0. The topological polar surface area (TPSA) is 114 Å². The van der Waals surface area contributed by atoms with Crippen molar-refractivity contribution < 1.29 is 14.3 Å². The fourth-order valence-corrected chi connectivity index (χ4v) is 4.37. The minimum atomic E-state index is -0.529. The molecule has 0 radical (unpaired) electrons. The van der Waals surface area contributed by atoms with E-state index in [2.05, 4.69) is 29.0 Å². The van der Waals surface area contributed by atoms with E-state index in [1.807, 2.05) is 0 Å². The number of benzene rings is 1. The molecule has 1 aromatic heterocycles. The number of nitrogens with zero attached hydrogens (tertiary/aromatic N) is 4. The van der Waals surface area contributed by atoms with E-state index in [9.17, 15) is 9.59 Å². The van der Waals surface area contributed by atoms with Crippen LogP contribution in [0.3, 0.4) is 0 Å². The number of nitrogens with one attached hydrogen (secondary N) is 1. The maximum Gasteiger partial charge on any atom is 0.248 e. The van der Waals surface area contributed by atoms with E-state index in [4.69, 9.17) is 15.5 Å². The van der Waals surface area contributed by atoms with Crippen molar-refractivity contribution in [1.29, 1.82) is 0 Å². The summed E-state index contributed by atoms with van der Waals surface area (Å²) in [4.78, 5) is 37.7. The lowest BCUT2D eigenvalue weighted by Crippen LogP contribution is -2.36. The standard InChI is InChI=1S/C25H36N6O3/c1-5-7-12-22(32)30(3)20-16-27-25(29-24(20)31(6-2)18-10-8-9-11-18)28-19-14-13-17(23(26)33)15-21(19)34-4/h13-16,18H,5-12H2,1-4H3,(H2,26,33)(H,27,28,29). The second-order valence-corrected chi connectivity index (χ2v) is 8.59. The molecule has 1 aromatic carbocycles. The van der Waals surface area contributed by atoms with E-state index in [-0.39, 0.29) is 5.91 Å². The van der Waals surface area contributed by atoms with Gasteiger partial charge in [0.2, 0.25) is 17.8 Å². The van der Waals surface area contributed by atoms with Crippen molar-refractivity contribution in [2.75, 3.05) is 35.8 Å². The number of hydrogen-bond donors (Lipinski definition) is 2. The Balaban J connectivity index is 1.98. The maximum absolute atomic E-state index is 12.8. The van der Waals surface area contributed by atoms with E-state index < -0.39 is 5.91 Å². The normalized spacial score (nSPS) is 13.5. The van der Waals surface area contributed by atoms with E-state index in [1.165, 1.54) is 20.0 Å². The zero-order valence-electron chi connectivity index (χ0n) is 20.6. The molecular formula is C25H36N6O3. The number of methoxy groups -OCH3 is 1. The second kappa shape index (κ2) is 11.7. The van der Waals surface area contributed by atoms with Crippen molar-refractivity contribution in [2.45, 2.75) is 64.8 Å². The van der Waals surface area contributed by atoms with Gasteiger partial charge in [-0.3, -0.25) is 9.59 Å². The zero-order valence-corrected chi connectivity index (χ0v) is 20.6. The molecule has 2 amide bonds. The molecule has 9 heteroatoms. The van der Waals surface area contributed by atoms with Crippen molar-refractivity contribution in [3.05, 3.63) is 30.0 Å². The lowest BCUT2D eigenvalue weighted by Gasteiger charge is -2.32. The summed E-state index contributed by atoms with van der Waals surface area (Å²) in [6.45, 7) is 4.97. The third kappa shape index (κ3) is 5.76. The van der Waals surface area contributed by atoms with Crippen molar-refractivity contribution >= 4 is 35.0 Å². The minimum absolute atomic E-state index is 0.0543. The molecule has 0 spiro atoms. The van der Waals surface area contributed by atoms with Crippen LogP contribution in [0.4, 0.5) is 23.1 Å². The van der Waals surface area contributed by atoms with Gasteiger partial charge in [-0.1, -0.05) is 26.2 Å². The number of aromatic nitrogens is 2. The predicted octanol–water partition coefficient (Wildman–Crippen LogP) is 4.25. The Hall–Kier alpha value is -3.36. The van der Waals surface area contributed by atoms with Gasteiger partial charge >= 0.3 is 0 Å². The molecule has 34 heavy (non-hydrogen) atoms. The largest absolute Gasteiger partial charge is 0.495 e. The van der Waals surface area contributed by atoms with Crippen LogP contribution in [0.25, 0.3) is 0 Å². The van der Waals surface area contributed by atoms with Crippen LogP contribution in [-0.2, 0) is 4.79 Å². The summed E-state index contributed by atoms with van der Waals surface area (Å²) in [6, 6.07) is 5.30. The van der Waals surface area contributed by atoms with Gasteiger partial charge < -0.3 is 25.6 Å². The van der Waals surface area contributed by atoms with Crippen molar-refractivity contribution in [3.8, 4) is 5.75 Å². The van der Waals surface area contributed by atoms with Gasteiger partial charge in [-0.05, 0) is 44.4 Å². The highest BCUT2D eigenvalue weighted by Gasteiger charge is 2.27. The number of ether oxygens (including phenoxy) is 1. The third-order valence-electron chi connectivity index (χ3n) is 6.34. The summed E-state index contributed by atoms with van der Waals surface area (Å²) in [6.07, 6.45) is 8.61. The molecule has 9 nitrogen and oxygen atoms in total. The van der Waals surface area contributed by atoms with Gasteiger partial charge in [-0.15, -0.1) is 0 Å². The quantitative estimate of drug-likeness (QED) is 0.507. The number of rotatable bonds is 11. The Morgan fingerprint density at radius 2 is 1.97 bits per heavy atom. The lowest BCUT2D eigenvalue weighted by molar-refractivity contribution is -0.118. The predicted molar refractivity (Wildman–Crippen MR) is 135 cm³/mol. The first kappa shape index (κ1) is 25.3. The van der Waals surface area contributed by atoms with Crippen LogP contribution in [0.1, 0.15) is 69.2 Å². The number of primary amides is 1.